The Hall–Kier alpha value is -2.01. The minimum Gasteiger partial charge on any atom is -0.496 e. The van der Waals surface area contributed by atoms with E-state index in [1.54, 1.807) is 18.4 Å². The smallest absolute Gasteiger partial charge is 0.193 e. The molecule has 1 aromatic carbocycles. The quantitative estimate of drug-likeness (QED) is 0.792. The van der Waals surface area contributed by atoms with Gasteiger partial charge in [0.05, 0.1) is 19.3 Å². The maximum atomic E-state index is 5.25. The summed E-state index contributed by atoms with van der Waals surface area (Å²) in [6.07, 6.45) is 4.07. The number of thiazole rings is 1. The van der Waals surface area contributed by atoms with E-state index in [0.29, 0.717) is 0 Å². The fourth-order valence-corrected chi connectivity index (χ4v) is 2.76. The van der Waals surface area contributed by atoms with Gasteiger partial charge in [0.25, 0.3) is 0 Å². The van der Waals surface area contributed by atoms with Crippen LogP contribution in [0.1, 0.15) is 11.3 Å². The second kappa shape index (κ2) is 4.93. The van der Waals surface area contributed by atoms with Crippen molar-refractivity contribution in [2.45, 2.75) is 13.5 Å². The number of fused-ring (bicyclic) bond motifs is 1. The Labute approximate surface area is 115 Å². The molecule has 3 aromatic rings. The zero-order valence-electron chi connectivity index (χ0n) is 10.9. The van der Waals surface area contributed by atoms with E-state index >= 15 is 0 Å². The zero-order chi connectivity index (χ0) is 13.2. The molecule has 0 aliphatic heterocycles. The summed E-state index contributed by atoms with van der Waals surface area (Å²) in [5, 5.41) is 5.41. The number of hydrogen-bond acceptors (Lipinski definition) is 4. The molecule has 0 saturated heterocycles. The predicted molar refractivity (Wildman–Crippen MR) is 78.1 cm³/mol. The van der Waals surface area contributed by atoms with Gasteiger partial charge in [-0.25, -0.2) is 4.98 Å². The molecule has 0 fully saturated rings. The number of anilines is 1. The fraction of sp³-hybridized carbons (Fsp3) is 0.214. The van der Waals surface area contributed by atoms with Crippen LogP contribution in [0.15, 0.2) is 36.0 Å². The maximum absolute atomic E-state index is 5.25. The minimum absolute atomic E-state index is 0.722. The Morgan fingerprint density at radius 3 is 3.05 bits per heavy atom. The largest absolute Gasteiger partial charge is 0.496 e. The molecule has 3 rings (SSSR count). The van der Waals surface area contributed by atoms with E-state index in [-0.39, 0.29) is 0 Å². The first-order valence-electron chi connectivity index (χ1n) is 6.06. The Balaban J connectivity index is 1.71. The number of benzene rings is 1. The van der Waals surface area contributed by atoms with Gasteiger partial charge in [-0.05, 0) is 30.7 Å². The number of rotatable bonds is 4. The molecule has 1 N–H and O–H groups in total. The number of nitrogens with zero attached hydrogens (tertiary/aromatic N) is 2. The normalized spacial score (nSPS) is 10.8. The molecular weight excluding hydrogens is 258 g/mol. The molecule has 0 aliphatic rings. The van der Waals surface area contributed by atoms with Crippen molar-refractivity contribution in [2.75, 3.05) is 12.4 Å². The van der Waals surface area contributed by atoms with Crippen LogP contribution < -0.4 is 10.1 Å². The van der Waals surface area contributed by atoms with Crippen molar-refractivity contribution >= 4 is 22.0 Å². The lowest BCUT2D eigenvalue weighted by atomic mass is 10.2. The van der Waals surface area contributed by atoms with Crippen LogP contribution in [0.4, 0.5) is 5.69 Å². The summed E-state index contributed by atoms with van der Waals surface area (Å²) in [7, 11) is 1.69. The maximum Gasteiger partial charge on any atom is 0.193 e. The summed E-state index contributed by atoms with van der Waals surface area (Å²) in [5.41, 5.74) is 3.24. The molecular formula is C14H15N3OS. The molecule has 98 valence electrons. The Kier molecular flexibility index (Phi) is 3.13. The molecule has 0 spiro atoms. The van der Waals surface area contributed by atoms with Crippen molar-refractivity contribution < 1.29 is 4.74 Å². The van der Waals surface area contributed by atoms with Crippen LogP contribution in [0.3, 0.4) is 0 Å². The van der Waals surface area contributed by atoms with E-state index in [0.717, 1.165) is 34.2 Å². The average Bonchev–Trinajstić information content (AvgIpc) is 2.97. The zero-order valence-corrected chi connectivity index (χ0v) is 11.7. The molecule has 2 aromatic heterocycles. The monoisotopic (exact) mass is 273 g/mol. The van der Waals surface area contributed by atoms with Crippen LogP contribution in [0, 0.1) is 6.92 Å². The third kappa shape index (κ3) is 2.42. The second-order valence-corrected chi connectivity index (χ2v) is 5.24. The molecule has 0 aliphatic carbocycles. The van der Waals surface area contributed by atoms with Gasteiger partial charge in [-0.15, -0.1) is 11.3 Å². The third-order valence-electron chi connectivity index (χ3n) is 3.01. The van der Waals surface area contributed by atoms with E-state index in [1.807, 2.05) is 35.0 Å². The summed E-state index contributed by atoms with van der Waals surface area (Å²) in [4.78, 5) is 5.57. The standard InChI is InChI=1S/C14H15N3OS/c1-10-7-11(3-4-13(10)18-2)15-8-12-9-17-5-6-19-14(17)16-12/h3-7,9,15H,8H2,1-2H3. The number of nitrogens with one attached hydrogen (secondary N) is 1. The highest BCUT2D eigenvalue weighted by Crippen LogP contribution is 2.22. The van der Waals surface area contributed by atoms with Gasteiger partial charge in [0, 0.05) is 23.5 Å². The van der Waals surface area contributed by atoms with E-state index in [2.05, 4.69) is 22.6 Å². The molecule has 0 unspecified atom stereocenters. The highest BCUT2D eigenvalue weighted by molar-refractivity contribution is 7.15. The summed E-state index contributed by atoms with van der Waals surface area (Å²) >= 11 is 1.64. The summed E-state index contributed by atoms with van der Waals surface area (Å²) in [6, 6.07) is 6.07. The van der Waals surface area contributed by atoms with Gasteiger partial charge in [-0.1, -0.05) is 0 Å². The first-order chi connectivity index (χ1) is 9.26. The van der Waals surface area contributed by atoms with Crippen LogP contribution in [0.5, 0.6) is 5.75 Å². The number of aromatic nitrogens is 2. The van der Waals surface area contributed by atoms with Gasteiger partial charge in [0.2, 0.25) is 0 Å². The number of methoxy groups -OCH3 is 1. The van der Waals surface area contributed by atoms with Crippen LogP contribution in [-0.2, 0) is 6.54 Å². The highest BCUT2D eigenvalue weighted by atomic mass is 32.1. The number of aryl methyl sites for hydroxylation is 1. The van der Waals surface area contributed by atoms with Crippen molar-refractivity contribution in [1.29, 1.82) is 0 Å². The molecule has 4 nitrogen and oxygen atoms in total. The van der Waals surface area contributed by atoms with E-state index in [4.69, 9.17) is 4.74 Å². The first kappa shape index (κ1) is 12.0. The molecule has 0 saturated carbocycles. The van der Waals surface area contributed by atoms with Gasteiger partial charge in [0.1, 0.15) is 5.75 Å². The minimum atomic E-state index is 0.722. The van der Waals surface area contributed by atoms with Crippen molar-refractivity contribution in [3.05, 3.63) is 47.2 Å². The first-order valence-corrected chi connectivity index (χ1v) is 6.94. The third-order valence-corrected chi connectivity index (χ3v) is 3.78. The van der Waals surface area contributed by atoms with E-state index in [9.17, 15) is 0 Å². The number of hydrogen-bond donors (Lipinski definition) is 1. The Bertz CT molecular complexity index is 673. The number of imidazole rings is 1. The van der Waals surface area contributed by atoms with Crippen LogP contribution >= 0.6 is 11.3 Å². The second-order valence-electron chi connectivity index (χ2n) is 4.36. The molecule has 0 radical (unpaired) electrons. The van der Waals surface area contributed by atoms with Gasteiger partial charge < -0.3 is 10.1 Å². The summed E-state index contributed by atoms with van der Waals surface area (Å²) in [6.45, 7) is 2.76. The Morgan fingerprint density at radius 2 is 2.32 bits per heavy atom. The fourth-order valence-electron chi connectivity index (χ4n) is 2.04. The van der Waals surface area contributed by atoms with E-state index in [1.165, 1.54) is 0 Å². The van der Waals surface area contributed by atoms with E-state index < -0.39 is 0 Å². The lowest BCUT2D eigenvalue weighted by Gasteiger charge is -2.08. The molecule has 0 bridgehead atoms. The van der Waals surface area contributed by atoms with Gasteiger partial charge >= 0.3 is 0 Å². The molecule has 0 atom stereocenters. The van der Waals surface area contributed by atoms with Crippen molar-refractivity contribution in [3.8, 4) is 5.75 Å². The number of ether oxygens (including phenoxy) is 1. The lowest BCUT2D eigenvalue weighted by Crippen LogP contribution is -2.00. The van der Waals surface area contributed by atoms with Crippen molar-refractivity contribution in [2.24, 2.45) is 0 Å². The average molecular weight is 273 g/mol. The molecule has 19 heavy (non-hydrogen) atoms. The predicted octanol–water partition coefficient (Wildman–Crippen LogP) is 3.32. The van der Waals surface area contributed by atoms with Gasteiger partial charge in [-0.2, -0.15) is 0 Å². The Morgan fingerprint density at radius 1 is 1.42 bits per heavy atom. The van der Waals surface area contributed by atoms with Gasteiger partial charge in [0.15, 0.2) is 4.96 Å². The van der Waals surface area contributed by atoms with Crippen LogP contribution in [-0.4, -0.2) is 16.5 Å². The molecule has 5 heteroatoms. The van der Waals surface area contributed by atoms with Crippen LogP contribution in [0.25, 0.3) is 4.96 Å². The van der Waals surface area contributed by atoms with Crippen LogP contribution in [0.2, 0.25) is 0 Å². The van der Waals surface area contributed by atoms with Crippen molar-refractivity contribution in [3.63, 3.8) is 0 Å². The SMILES string of the molecule is COc1ccc(NCc2cn3ccsc3n2)cc1C. The summed E-state index contributed by atoms with van der Waals surface area (Å²) in [5.74, 6) is 0.910. The molecule has 0 amide bonds. The van der Waals surface area contributed by atoms with Crippen molar-refractivity contribution in [1.82, 2.24) is 9.38 Å². The molecule has 2 heterocycles. The topological polar surface area (TPSA) is 38.6 Å². The van der Waals surface area contributed by atoms with Gasteiger partial charge in [-0.3, -0.25) is 4.40 Å². The summed E-state index contributed by atoms with van der Waals surface area (Å²) < 4.78 is 7.29. The lowest BCUT2D eigenvalue weighted by molar-refractivity contribution is 0.412. The highest BCUT2D eigenvalue weighted by Gasteiger charge is 2.03.